The van der Waals surface area contributed by atoms with Crippen molar-refractivity contribution in [2.24, 2.45) is 0 Å². The normalized spacial score (nSPS) is 11.5. The predicted molar refractivity (Wildman–Crippen MR) is 83.3 cm³/mol. The molecule has 1 atom stereocenters. The second-order valence-electron chi connectivity index (χ2n) is 4.48. The van der Waals surface area contributed by atoms with Gasteiger partial charge in [0.05, 0.1) is 9.95 Å². The molecule has 2 aromatic rings. The van der Waals surface area contributed by atoms with Crippen LogP contribution in [0.1, 0.15) is 6.92 Å². The number of hydrogen-bond donors (Lipinski definition) is 1. The third-order valence-corrected chi connectivity index (χ3v) is 3.17. The van der Waals surface area contributed by atoms with Crippen molar-refractivity contribution in [3.63, 3.8) is 0 Å². The summed E-state index contributed by atoms with van der Waals surface area (Å²) in [7, 11) is 0. The molecule has 2 aromatic carbocycles. The number of nitrogens with zero attached hydrogens (tertiary/aromatic N) is 1. The molecule has 114 valence electrons. The molecule has 0 aliphatic rings. The molecule has 0 saturated carbocycles. The van der Waals surface area contributed by atoms with Gasteiger partial charge in [-0.05, 0) is 31.2 Å². The Balaban J connectivity index is 1.99. The molecule has 6 nitrogen and oxygen atoms in total. The lowest BCUT2D eigenvalue weighted by molar-refractivity contribution is -0.384. The van der Waals surface area contributed by atoms with Crippen molar-refractivity contribution in [2.45, 2.75) is 13.0 Å². The van der Waals surface area contributed by atoms with Gasteiger partial charge in [0.2, 0.25) is 0 Å². The molecule has 0 saturated heterocycles. The Hall–Kier alpha value is -2.60. The van der Waals surface area contributed by atoms with Crippen LogP contribution < -0.4 is 10.1 Å². The maximum atomic E-state index is 12.0. The highest BCUT2D eigenvalue weighted by Gasteiger charge is 2.16. The summed E-state index contributed by atoms with van der Waals surface area (Å²) in [6.07, 6.45) is -0.768. The lowest BCUT2D eigenvalue weighted by atomic mass is 10.2. The molecular weight excluding hydrogens is 308 g/mol. The van der Waals surface area contributed by atoms with Crippen molar-refractivity contribution in [1.29, 1.82) is 0 Å². The van der Waals surface area contributed by atoms with Gasteiger partial charge < -0.3 is 10.1 Å². The Morgan fingerprint density at radius 1 is 1.23 bits per heavy atom. The van der Waals surface area contributed by atoms with Gasteiger partial charge in [-0.25, -0.2) is 0 Å². The lowest BCUT2D eigenvalue weighted by Crippen LogP contribution is -2.30. The van der Waals surface area contributed by atoms with E-state index >= 15 is 0 Å². The van der Waals surface area contributed by atoms with Crippen molar-refractivity contribution >= 4 is 28.9 Å². The fourth-order valence-electron chi connectivity index (χ4n) is 1.69. The van der Waals surface area contributed by atoms with Crippen LogP contribution in [0.4, 0.5) is 11.4 Å². The topological polar surface area (TPSA) is 81.5 Å². The van der Waals surface area contributed by atoms with Crippen molar-refractivity contribution in [2.75, 3.05) is 5.32 Å². The number of carbonyl (C=O) groups is 1. The smallest absolute Gasteiger partial charge is 0.269 e. The number of para-hydroxylation sites is 1. The summed E-state index contributed by atoms with van der Waals surface area (Å²) in [5, 5.41) is 13.6. The van der Waals surface area contributed by atoms with E-state index in [2.05, 4.69) is 5.32 Å². The van der Waals surface area contributed by atoms with Gasteiger partial charge in [-0.2, -0.15) is 0 Å². The van der Waals surface area contributed by atoms with Crippen molar-refractivity contribution in [1.82, 2.24) is 0 Å². The van der Waals surface area contributed by atoms with Crippen LogP contribution in [-0.2, 0) is 4.79 Å². The molecular formula is C15H13ClN2O4. The highest BCUT2D eigenvalue weighted by Crippen LogP contribution is 2.24. The fraction of sp³-hybridized carbons (Fsp3) is 0.133. The summed E-state index contributed by atoms with van der Waals surface area (Å²) < 4.78 is 5.49. The first kappa shape index (κ1) is 15.8. The average molecular weight is 321 g/mol. The number of amides is 1. The van der Waals surface area contributed by atoms with Gasteiger partial charge in [0.1, 0.15) is 5.75 Å². The van der Waals surface area contributed by atoms with Gasteiger partial charge >= 0.3 is 0 Å². The molecule has 0 unspecified atom stereocenters. The fourth-order valence-corrected chi connectivity index (χ4v) is 1.87. The first-order valence-corrected chi connectivity index (χ1v) is 6.81. The van der Waals surface area contributed by atoms with Gasteiger partial charge in [-0.15, -0.1) is 0 Å². The SMILES string of the molecule is C[C@@H](Oc1ccccc1Cl)C(=O)Nc1ccc([N+](=O)[O-])cc1. The Bertz CT molecular complexity index is 688. The van der Waals surface area contributed by atoms with E-state index in [1.807, 2.05) is 0 Å². The third-order valence-electron chi connectivity index (χ3n) is 2.86. The summed E-state index contributed by atoms with van der Waals surface area (Å²) >= 11 is 5.96. The predicted octanol–water partition coefficient (Wildman–Crippen LogP) is 3.65. The molecule has 0 spiro atoms. The van der Waals surface area contributed by atoms with E-state index in [4.69, 9.17) is 16.3 Å². The van der Waals surface area contributed by atoms with Crippen LogP contribution in [0, 0.1) is 10.1 Å². The quantitative estimate of drug-likeness (QED) is 0.673. The van der Waals surface area contributed by atoms with Crippen LogP contribution in [0.15, 0.2) is 48.5 Å². The summed E-state index contributed by atoms with van der Waals surface area (Å²) in [5.74, 6) is 0.0317. The first-order chi connectivity index (χ1) is 10.5. The standard InChI is InChI=1S/C15H13ClN2O4/c1-10(22-14-5-3-2-4-13(14)16)15(19)17-11-6-8-12(9-7-11)18(20)21/h2-10H,1H3,(H,17,19)/t10-/m1/s1. The van der Waals surface area contributed by atoms with Crippen LogP contribution >= 0.6 is 11.6 Å². The number of nitro benzene ring substituents is 1. The number of hydrogen-bond acceptors (Lipinski definition) is 4. The minimum atomic E-state index is -0.768. The number of rotatable bonds is 5. The molecule has 2 rings (SSSR count). The monoisotopic (exact) mass is 320 g/mol. The summed E-state index contributed by atoms with van der Waals surface area (Å²) in [5.41, 5.74) is 0.406. The maximum Gasteiger partial charge on any atom is 0.269 e. The Labute approximate surface area is 131 Å². The van der Waals surface area contributed by atoms with E-state index in [-0.39, 0.29) is 11.6 Å². The molecule has 0 radical (unpaired) electrons. The number of ether oxygens (including phenoxy) is 1. The van der Waals surface area contributed by atoms with E-state index in [9.17, 15) is 14.9 Å². The molecule has 0 aliphatic carbocycles. The molecule has 7 heteroatoms. The largest absolute Gasteiger partial charge is 0.479 e. The molecule has 0 bridgehead atoms. The van der Waals surface area contributed by atoms with Crippen molar-refractivity contribution in [3.8, 4) is 5.75 Å². The summed E-state index contributed by atoms with van der Waals surface area (Å²) in [6.45, 7) is 1.59. The molecule has 1 amide bonds. The minimum absolute atomic E-state index is 0.0432. The molecule has 0 heterocycles. The zero-order valence-corrected chi connectivity index (χ0v) is 12.4. The lowest BCUT2D eigenvalue weighted by Gasteiger charge is -2.15. The van der Waals surface area contributed by atoms with E-state index in [1.165, 1.54) is 24.3 Å². The van der Waals surface area contributed by atoms with Crippen molar-refractivity contribution < 1.29 is 14.5 Å². The highest BCUT2D eigenvalue weighted by molar-refractivity contribution is 6.32. The Kier molecular flexibility index (Phi) is 4.95. The molecule has 0 fully saturated rings. The number of anilines is 1. The zero-order chi connectivity index (χ0) is 16.1. The Morgan fingerprint density at radius 3 is 2.45 bits per heavy atom. The van der Waals surface area contributed by atoms with Crippen molar-refractivity contribution in [3.05, 3.63) is 63.7 Å². The molecule has 0 aliphatic heterocycles. The number of carbonyl (C=O) groups excluding carboxylic acids is 1. The van der Waals surface area contributed by atoms with Crippen LogP contribution in [0.3, 0.4) is 0 Å². The first-order valence-electron chi connectivity index (χ1n) is 6.44. The number of halogens is 1. The van der Waals surface area contributed by atoms with Gasteiger partial charge in [-0.3, -0.25) is 14.9 Å². The van der Waals surface area contributed by atoms with Crippen LogP contribution in [-0.4, -0.2) is 16.9 Å². The van der Waals surface area contributed by atoms with E-state index in [0.29, 0.717) is 16.5 Å². The maximum absolute atomic E-state index is 12.0. The summed E-state index contributed by atoms with van der Waals surface area (Å²) in [6, 6.07) is 12.4. The highest BCUT2D eigenvalue weighted by atomic mass is 35.5. The van der Waals surface area contributed by atoms with E-state index in [0.717, 1.165) is 0 Å². The number of nitro groups is 1. The number of nitrogens with one attached hydrogen (secondary N) is 1. The number of non-ortho nitro benzene ring substituents is 1. The second kappa shape index (κ2) is 6.91. The third kappa shape index (κ3) is 3.95. The second-order valence-corrected chi connectivity index (χ2v) is 4.89. The van der Waals surface area contributed by atoms with Crippen LogP contribution in [0.25, 0.3) is 0 Å². The van der Waals surface area contributed by atoms with Gasteiger partial charge in [0.25, 0.3) is 11.6 Å². The summed E-state index contributed by atoms with van der Waals surface area (Å²) in [4.78, 5) is 22.1. The van der Waals surface area contributed by atoms with Gasteiger partial charge in [0.15, 0.2) is 6.10 Å². The van der Waals surface area contributed by atoms with E-state index < -0.39 is 11.0 Å². The minimum Gasteiger partial charge on any atom is -0.479 e. The van der Waals surface area contributed by atoms with E-state index in [1.54, 1.807) is 31.2 Å². The Morgan fingerprint density at radius 2 is 1.86 bits per heavy atom. The molecule has 0 aromatic heterocycles. The zero-order valence-electron chi connectivity index (χ0n) is 11.7. The average Bonchev–Trinajstić information content (AvgIpc) is 2.50. The number of benzene rings is 2. The van der Waals surface area contributed by atoms with Gasteiger partial charge in [-0.1, -0.05) is 23.7 Å². The molecule has 22 heavy (non-hydrogen) atoms. The molecule has 1 N–H and O–H groups in total. The van der Waals surface area contributed by atoms with Crippen LogP contribution in [0.2, 0.25) is 5.02 Å². The van der Waals surface area contributed by atoms with Gasteiger partial charge in [0, 0.05) is 17.8 Å². The van der Waals surface area contributed by atoms with Crippen LogP contribution in [0.5, 0.6) is 5.75 Å².